The molecule has 7 rings (SSSR count). The maximum atomic E-state index is 6.60. The Balaban J connectivity index is 1.70. The van der Waals surface area contributed by atoms with E-state index < -0.39 is 0 Å². The Morgan fingerprint density at radius 3 is 2.09 bits per heavy atom. The highest BCUT2D eigenvalue weighted by Crippen LogP contribution is 2.54. The van der Waals surface area contributed by atoms with Crippen molar-refractivity contribution in [2.45, 2.75) is 6.92 Å². The molecule has 5 aromatic carbocycles. The molecule has 0 saturated carbocycles. The fourth-order valence-corrected chi connectivity index (χ4v) is 5.07. The van der Waals surface area contributed by atoms with E-state index in [4.69, 9.17) is 9.47 Å². The topological polar surface area (TPSA) is 23.4 Å². The molecule has 0 N–H and O–H groups in total. The van der Waals surface area contributed by atoms with E-state index in [0.29, 0.717) is 0 Å². The molecular weight excluding hydrogens is 418 g/mol. The van der Waals surface area contributed by atoms with Crippen LogP contribution in [0.2, 0.25) is 0 Å². The highest BCUT2D eigenvalue weighted by atomic mass is 16.6. The Morgan fingerprint density at radius 2 is 1.32 bits per heavy atom. The van der Waals surface area contributed by atoms with E-state index in [2.05, 4.69) is 77.9 Å². The minimum atomic E-state index is 0.721. The van der Waals surface area contributed by atoms with Crippen LogP contribution in [0.1, 0.15) is 12.5 Å². The number of fused-ring (bicyclic) bond motifs is 9. The van der Waals surface area contributed by atoms with Crippen molar-refractivity contribution in [1.29, 1.82) is 0 Å². The number of ether oxygens (including phenoxy) is 2. The van der Waals surface area contributed by atoms with Crippen molar-refractivity contribution in [2.24, 2.45) is 0 Å². The lowest BCUT2D eigenvalue weighted by Crippen LogP contribution is -2.03. The molecule has 0 aliphatic carbocycles. The number of benzene rings is 5. The van der Waals surface area contributed by atoms with Gasteiger partial charge < -0.3 is 14.0 Å². The van der Waals surface area contributed by atoms with Crippen molar-refractivity contribution >= 4 is 38.2 Å². The van der Waals surface area contributed by atoms with E-state index in [-0.39, 0.29) is 0 Å². The van der Waals surface area contributed by atoms with Crippen LogP contribution >= 0.6 is 0 Å². The third-order valence-corrected chi connectivity index (χ3v) is 6.61. The molecule has 1 aromatic heterocycles. The first-order chi connectivity index (χ1) is 16.7. The maximum Gasteiger partial charge on any atom is 0.195 e. The van der Waals surface area contributed by atoms with Gasteiger partial charge in [-0.05, 0) is 48.2 Å². The van der Waals surface area contributed by atoms with E-state index in [1.165, 1.54) is 5.39 Å². The number of hydrogen-bond acceptors (Lipinski definition) is 2. The molecule has 0 atom stereocenters. The van der Waals surface area contributed by atoms with Gasteiger partial charge in [-0.15, -0.1) is 0 Å². The summed E-state index contributed by atoms with van der Waals surface area (Å²) in [5.74, 6) is 2.94. The summed E-state index contributed by atoms with van der Waals surface area (Å²) in [5, 5.41) is 4.52. The SMILES string of the molecule is C=C(C)c1cccc(-n2c3ccccc3c3c4ccccc4c4c(c32)Oc2ccccc2O4)c1. The quantitative estimate of drug-likeness (QED) is 0.268. The number of nitrogens with zero attached hydrogens (tertiary/aromatic N) is 1. The first-order valence-corrected chi connectivity index (χ1v) is 11.4. The number of allylic oxidation sites excluding steroid dienone is 1. The average Bonchev–Trinajstić information content (AvgIpc) is 3.23. The Labute approximate surface area is 197 Å². The van der Waals surface area contributed by atoms with Crippen LogP contribution in [-0.4, -0.2) is 4.57 Å². The lowest BCUT2D eigenvalue weighted by atomic mass is 10.0. The van der Waals surface area contributed by atoms with Crippen LogP contribution < -0.4 is 9.47 Å². The average molecular weight is 440 g/mol. The molecule has 0 saturated heterocycles. The van der Waals surface area contributed by atoms with Crippen molar-refractivity contribution in [3.63, 3.8) is 0 Å². The first kappa shape index (κ1) is 19.0. The Bertz CT molecular complexity index is 1790. The second-order valence-corrected chi connectivity index (χ2v) is 8.76. The molecule has 0 unspecified atom stereocenters. The molecule has 0 fully saturated rings. The van der Waals surface area contributed by atoms with Crippen LogP contribution in [0.25, 0.3) is 43.8 Å². The second kappa shape index (κ2) is 7.00. The zero-order valence-electron chi connectivity index (χ0n) is 18.7. The second-order valence-electron chi connectivity index (χ2n) is 8.76. The van der Waals surface area contributed by atoms with Crippen LogP contribution in [0.4, 0.5) is 0 Å². The van der Waals surface area contributed by atoms with E-state index in [1.54, 1.807) is 0 Å². The van der Waals surface area contributed by atoms with E-state index >= 15 is 0 Å². The number of para-hydroxylation sites is 3. The van der Waals surface area contributed by atoms with Crippen molar-refractivity contribution < 1.29 is 9.47 Å². The summed E-state index contributed by atoms with van der Waals surface area (Å²) in [5.41, 5.74) is 5.33. The van der Waals surface area contributed by atoms with Crippen LogP contribution in [0.15, 0.2) is 104 Å². The number of hydrogen-bond donors (Lipinski definition) is 0. The molecule has 2 heterocycles. The molecular formula is C31H21NO2. The molecule has 6 aromatic rings. The lowest BCUT2D eigenvalue weighted by Gasteiger charge is -2.24. The van der Waals surface area contributed by atoms with Gasteiger partial charge in [-0.25, -0.2) is 0 Å². The molecule has 1 aliphatic heterocycles. The largest absolute Gasteiger partial charge is 0.449 e. The molecule has 0 radical (unpaired) electrons. The smallest absolute Gasteiger partial charge is 0.195 e. The highest BCUT2D eigenvalue weighted by molar-refractivity contribution is 6.25. The van der Waals surface area contributed by atoms with Gasteiger partial charge in [-0.3, -0.25) is 0 Å². The summed E-state index contributed by atoms with van der Waals surface area (Å²) in [6.45, 7) is 6.19. The summed E-state index contributed by atoms with van der Waals surface area (Å²) in [4.78, 5) is 0. The van der Waals surface area contributed by atoms with Gasteiger partial charge >= 0.3 is 0 Å². The summed E-state index contributed by atoms with van der Waals surface area (Å²) >= 11 is 0. The summed E-state index contributed by atoms with van der Waals surface area (Å²) < 4.78 is 15.4. The van der Waals surface area contributed by atoms with Crippen LogP contribution in [0, 0.1) is 0 Å². The molecule has 1 aliphatic rings. The monoisotopic (exact) mass is 439 g/mol. The Morgan fingerprint density at radius 1 is 0.676 bits per heavy atom. The van der Waals surface area contributed by atoms with Crippen LogP contribution in [0.5, 0.6) is 23.0 Å². The zero-order valence-corrected chi connectivity index (χ0v) is 18.7. The van der Waals surface area contributed by atoms with Gasteiger partial charge in [0, 0.05) is 21.8 Å². The molecule has 162 valence electrons. The Kier molecular flexibility index (Phi) is 3.91. The highest BCUT2D eigenvalue weighted by Gasteiger charge is 2.28. The minimum absolute atomic E-state index is 0.721. The number of aromatic nitrogens is 1. The molecule has 0 bridgehead atoms. The summed E-state index contributed by atoms with van der Waals surface area (Å²) in [6, 6.07) is 33.3. The normalized spacial score (nSPS) is 12.3. The van der Waals surface area contributed by atoms with Crippen molar-refractivity contribution in [1.82, 2.24) is 4.57 Å². The van der Waals surface area contributed by atoms with E-state index in [1.807, 2.05) is 37.3 Å². The fourth-order valence-electron chi connectivity index (χ4n) is 5.07. The molecule has 3 nitrogen and oxygen atoms in total. The van der Waals surface area contributed by atoms with E-state index in [0.717, 1.165) is 67.0 Å². The molecule has 34 heavy (non-hydrogen) atoms. The lowest BCUT2D eigenvalue weighted by molar-refractivity contribution is 0.366. The molecule has 0 amide bonds. The van der Waals surface area contributed by atoms with Gasteiger partial charge in [0.05, 0.1) is 5.52 Å². The van der Waals surface area contributed by atoms with Crippen molar-refractivity contribution in [2.75, 3.05) is 0 Å². The maximum absolute atomic E-state index is 6.60. The number of rotatable bonds is 2. The van der Waals surface area contributed by atoms with Gasteiger partial charge in [0.1, 0.15) is 5.52 Å². The van der Waals surface area contributed by atoms with Gasteiger partial charge in [-0.2, -0.15) is 0 Å². The first-order valence-electron chi connectivity index (χ1n) is 11.4. The van der Waals surface area contributed by atoms with Gasteiger partial charge in [0.2, 0.25) is 0 Å². The summed E-state index contributed by atoms with van der Waals surface area (Å²) in [6.07, 6.45) is 0. The van der Waals surface area contributed by atoms with Gasteiger partial charge in [0.25, 0.3) is 0 Å². The molecule has 3 heteroatoms. The van der Waals surface area contributed by atoms with Gasteiger partial charge in [-0.1, -0.05) is 78.9 Å². The fraction of sp³-hybridized carbons (Fsp3) is 0.0323. The third-order valence-electron chi connectivity index (χ3n) is 6.61. The summed E-state index contributed by atoms with van der Waals surface area (Å²) in [7, 11) is 0. The minimum Gasteiger partial charge on any atom is -0.449 e. The molecule has 0 spiro atoms. The van der Waals surface area contributed by atoms with Crippen LogP contribution in [0.3, 0.4) is 0 Å². The Hall–Kier alpha value is -4.50. The van der Waals surface area contributed by atoms with Crippen molar-refractivity contribution in [3.8, 4) is 28.7 Å². The van der Waals surface area contributed by atoms with Crippen molar-refractivity contribution in [3.05, 3.63) is 109 Å². The van der Waals surface area contributed by atoms with Gasteiger partial charge in [0.15, 0.2) is 23.0 Å². The van der Waals surface area contributed by atoms with E-state index in [9.17, 15) is 0 Å². The predicted octanol–water partition coefficient (Wildman–Crippen LogP) is 8.87. The van der Waals surface area contributed by atoms with Crippen LogP contribution in [-0.2, 0) is 0 Å². The standard InChI is InChI=1S/C31H21NO2/c1-19(2)20-10-9-11-21(18-20)32-25-15-6-5-14-24(25)28-22-12-3-4-13-23(22)30-31(29(28)32)34-27-17-8-7-16-26(27)33-30/h3-18H,1H2,2H3. The predicted molar refractivity (Wildman–Crippen MR) is 140 cm³/mol. The zero-order chi connectivity index (χ0) is 22.8. The third kappa shape index (κ3) is 2.58.